The molecule has 5 heteroatoms. The van der Waals surface area contributed by atoms with E-state index in [1.807, 2.05) is 49.6 Å². The van der Waals surface area contributed by atoms with E-state index < -0.39 is 0 Å². The standard InChI is InChI=1S/C25H27N3O2/c1-5-28-23-11-9-18(13-21(23)20(16(2)3)15-24(28)29)25(30)27(4)19-10-8-17-7-6-12-26-22(17)14-19/h6-16,22,26H,5H2,1-4H3. The number of allylic oxidation sites excluding steroid dienone is 3. The third-order valence-corrected chi connectivity index (χ3v) is 5.82. The Balaban J connectivity index is 1.73. The van der Waals surface area contributed by atoms with E-state index in [0.717, 1.165) is 22.2 Å². The second-order valence-corrected chi connectivity index (χ2v) is 8.03. The molecule has 2 aromatic rings. The largest absolute Gasteiger partial charge is 0.381 e. The lowest BCUT2D eigenvalue weighted by atomic mass is 9.96. The summed E-state index contributed by atoms with van der Waals surface area (Å²) in [6.07, 6.45) is 12.0. The predicted molar refractivity (Wildman–Crippen MR) is 121 cm³/mol. The van der Waals surface area contributed by atoms with Crippen molar-refractivity contribution in [2.75, 3.05) is 7.05 Å². The molecule has 2 aliphatic rings. The van der Waals surface area contributed by atoms with Crippen LogP contribution in [0.4, 0.5) is 0 Å². The van der Waals surface area contributed by atoms with Gasteiger partial charge in [-0.3, -0.25) is 9.59 Å². The molecule has 0 saturated heterocycles. The van der Waals surface area contributed by atoms with Crippen molar-refractivity contribution < 1.29 is 4.79 Å². The maximum Gasteiger partial charge on any atom is 0.258 e. The highest BCUT2D eigenvalue weighted by Crippen LogP contribution is 2.27. The molecule has 0 fully saturated rings. The molecule has 0 bridgehead atoms. The number of nitrogens with zero attached hydrogens (tertiary/aromatic N) is 2. The van der Waals surface area contributed by atoms with Gasteiger partial charge in [-0.05, 0) is 66.6 Å². The van der Waals surface area contributed by atoms with Gasteiger partial charge in [-0.2, -0.15) is 0 Å². The van der Waals surface area contributed by atoms with E-state index in [1.54, 1.807) is 22.6 Å². The van der Waals surface area contributed by atoms with Crippen molar-refractivity contribution in [1.29, 1.82) is 0 Å². The Bertz CT molecular complexity index is 1190. The molecule has 1 N–H and O–H groups in total. The molecule has 5 nitrogen and oxygen atoms in total. The first-order valence-corrected chi connectivity index (χ1v) is 10.4. The van der Waals surface area contributed by atoms with E-state index in [-0.39, 0.29) is 23.4 Å². The van der Waals surface area contributed by atoms with Gasteiger partial charge in [0.1, 0.15) is 0 Å². The Morgan fingerprint density at radius 3 is 2.77 bits per heavy atom. The van der Waals surface area contributed by atoms with Gasteiger partial charge in [-0.1, -0.05) is 26.0 Å². The third kappa shape index (κ3) is 3.41. The number of carbonyl (C=O) groups excluding carboxylic acids is 1. The van der Waals surface area contributed by atoms with E-state index in [9.17, 15) is 9.59 Å². The molecule has 154 valence electrons. The van der Waals surface area contributed by atoms with Crippen LogP contribution < -0.4 is 10.9 Å². The van der Waals surface area contributed by atoms with Crippen LogP contribution in [-0.2, 0) is 6.54 Å². The fraction of sp³-hybridized carbons (Fsp3) is 0.280. The molecule has 1 unspecified atom stereocenters. The van der Waals surface area contributed by atoms with Gasteiger partial charge in [-0.25, -0.2) is 0 Å². The number of rotatable bonds is 4. The van der Waals surface area contributed by atoms with Gasteiger partial charge in [-0.15, -0.1) is 0 Å². The van der Waals surface area contributed by atoms with E-state index in [2.05, 4.69) is 31.3 Å². The minimum absolute atomic E-state index is 0.000262. The monoisotopic (exact) mass is 401 g/mol. The molecule has 1 amide bonds. The fourth-order valence-corrected chi connectivity index (χ4v) is 4.11. The van der Waals surface area contributed by atoms with Gasteiger partial charge in [0.15, 0.2) is 0 Å². The number of pyridine rings is 1. The number of benzene rings is 1. The Hall–Kier alpha value is -3.34. The lowest BCUT2D eigenvalue weighted by molar-refractivity contribution is 0.0840. The molecule has 1 atom stereocenters. The number of hydrogen-bond acceptors (Lipinski definition) is 3. The zero-order valence-electron chi connectivity index (χ0n) is 17.8. The fourth-order valence-electron chi connectivity index (χ4n) is 4.11. The van der Waals surface area contributed by atoms with Crippen LogP contribution >= 0.6 is 0 Å². The van der Waals surface area contributed by atoms with Gasteiger partial charge in [0.2, 0.25) is 0 Å². The normalized spacial score (nSPS) is 17.4. The summed E-state index contributed by atoms with van der Waals surface area (Å²) in [7, 11) is 1.80. The molecule has 1 aliphatic heterocycles. The number of fused-ring (bicyclic) bond motifs is 2. The van der Waals surface area contributed by atoms with Crippen LogP contribution in [0.15, 0.2) is 76.9 Å². The Kier molecular flexibility index (Phi) is 5.20. The Morgan fingerprint density at radius 2 is 2.03 bits per heavy atom. The van der Waals surface area contributed by atoms with E-state index in [4.69, 9.17) is 0 Å². The number of carbonyl (C=O) groups is 1. The zero-order chi connectivity index (χ0) is 21.4. The summed E-state index contributed by atoms with van der Waals surface area (Å²) < 4.78 is 1.75. The smallest absolute Gasteiger partial charge is 0.258 e. The molecular weight excluding hydrogens is 374 g/mol. The lowest BCUT2D eigenvalue weighted by Crippen LogP contribution is -2.32. The summed E-state index contributed by atoms with van der Waals surface area (Å²) in [6.45, 7) is 6.69. The number of aryl methyl sites for hydroxylation is 1. The van der Waals surface area contributed by atoms with E-state index in [1.165, 1.54) is 5.57 Å². The van der Waals surface area contributed by atoms with Crippen molar-refractivity contribution in [2.24, 2.45) is 0 Å². The highest BCUT2D eigenvalue weighted by Gasteiger charge is 2.21. The molecule has 0 radical (unpaired) electrons. The predicted octanol–water partition coefficient (Wildman–Crippen LogP) is 4.08. The lowest BCUT2D eigenvalue weighted by Gasteiger charge is -2.27. The quantitative estimate of drug-likeness (QED) is 0.840. The number of dihydropyridines is 1. The third-order valence-electron chi connectivity index (χ3n) is 5.82. The zero-order valence-corrected chi connectivity index (χ0v) is 17.8. The van der Waals surface area contributed by atoms with Crippen molar-refractivity contribution in [3.8, 4) is 0 Å². The topological polar surface area (TPSA) is 54.3 Å². The molecule has 2 heterocycles. The first-order chi connectivity index (χ1) is 14.4. The molecule has 30 heavy (non-hydrogen) atoms. The molecule has 4 rings (SSSR count). The summed E-state index contributed by atoms with van der Waals surface area (Å²) in [5.74, 6) is 0.116. The number of likely N-dealkylation sites (N-methyl/N-ethyl adjacent to an activating group) is 1. The van der Waals surface area contributed by atoms with Gasteiger partial charge in [0.25, 0.3) is 11.5 Å². The van der Waals surface area contributed by atoms with Crippen LogP contribution in [0.3, 0.4) is 0 Å². The molecule has 1 aliphatic carbocycles. The van der Waals surface area contributed by atoms with Crippen LogP contribution in [-0.4, -0.2) is 28.5 Å². The van der Waals surface area contributed by atoms with Gasteiger partial charge in [0, 0.05) is 36.3 Å². The van der Waals surface area contributed by atoms with Crippen molar-refractivity contribution in [3.05, 3.63) is 93.6 Å². The van der Waals surface area contributed by atoms with Crippen LogP contribution in [0.5, 0.6) is 0 Å². The average Bonchev–Trinajstić information content (AvgIpc) is 2.76. The van der Waals surface area contributed by atoms with Crippen LogP contribution in [0.25, 0.3) is 10.9 Å². The average molecular weight is 402 g/mol. The minimum Gasteiger partial charge on any atom is -0.381 e. The summed E-state index contributed by atoms with van der Waals surface area (Å²) in [6, 6.07) is 7.42. The maximum atomic E-state index is 13.3. The second kappa shape index (κ2) is 7.82. The maximum absolute atomic E-state index is 13.3. The van der Waals surface area contributed by atoms with Crippen LogP contribution in [0.1, 0.15) is 42.6 Å². The molecule has 0 saturated carbocycles. The Labute approximate surface area is 176 Å². The first kappa shape index (κ1) is 20.0. The summed E-state index contributed by atoms with van der Waals surface area (Å²) in [4.78, 5) is 27.5. The van der Waals surface area contributed by atoms with Crippen LogP contribution in [0.2, 0.25) is 0 Å². The molecular formula is C25H27N3O2. The van der Waals surface area contributed by atoms with Crippen molar-refractivity contribution in [2.45, 2.75) is 39.3 Å². The van der Waals surface area contributed by atoms with Gasteiger partial charge < -0.3 is 14.8 Å². The van der Waals surface area contributed by atoms with Gasteiger partial charge in [0.05, 0.1) is 11.6 Å². The first-order valence-electron chi connectivity index (χ1n) is 10.4. The Morgan fingerprint density at radius 1 is 1.23 bits per heavy atom. The van der Waals surface area contributed by atoms with Gasteiger partial charge >= 0.3 is 0 Å². The summed E-state index contributed by atoms with van der Waals surface area (Å²) >= 11 is 0. The number of amides is 1. The number of hydrogen-bond donors (Lipinski definition) is 1. The summed E-state index contributed by atoms with van der Waals surface area (Å²) in [5, 5.41) is 4.26. The van der Waals surface area contributed by atoms with Crippen LogP contribution in [0, 0.1) is 0 Å². The molecule has 1 aromatic carbocycles. The van der Waals surface area contributed by atoms with E-state index >= 15 is 0 Å². The highest BCUT2D eigenvalue weighted by molar-refractivity contribution is 5.99. The van der Waals surface area contributed by atoms with Crippen molar-refractivity contribution in [1.82, 2.24) is 14.8 Å². The molecule has 0 spiro atoms. The molecule has 1 aromatic heterocycles. The van der Waals surface area contributed by atoms with Crippen molar-refractivity contribution in [3.63, 3.8) is 0 Å². The highest BCUT2D eigenvalue weighted by atomic mass is 16.2. The second-order valence-electron chi connectivity index (χ2n) is 8.03. The number of nitrogens with one attached hydrogen (secondary N) is 1. The van der Waals surface area contributed by atoms with Crippen molar-refractivity contribution >= 4 is 16.8 Å². The summed E-state index contributed by atoms with van der Waals surface area (Å²) in [5.41, 5.74) is 4.49. The number of aromatic nitrogens is 1. The minimum atomic E-state index is -0.0736. The SMILES string of the molecule is CCn1c(=O)cc(C(C)C)c2cc(C(=O)N(C)C3=CC4NC=CC=C4C=C3)ccc21. The van der Waals surface area contributed by atoms with E-state index in [0.29, 0.717) is 12.1 Å².